The van der Waals surface area contributed by atoms with Crippen LogP contribution in [0.5, 0.6) is 0 Å². The number of rotatable bonds is 2. The molecule has 0 aromatic heterocycles. The lowest BCUT2D eigenvalue weighted by Gasteiger charge is -2.15. The summed E-state index contributed by atoms with van der Waals surface area (Å²) in [5, 5.41) is 3.27. The summed E-state index contributed by atoms with van der Waals surface area (Å²) in [6, 6.07) is 0.413. The monoisotopic (exact) mass is 171 g/mol. The van der Waals surface area contributed by atoms with Crippen molar-refractivity contribution in [3.05, 3.63) is 0 Å². The van der Waals surface area contributed by atoms with Crippen molar-refractivity contribution >= 4 is 5.97 Å². The number of ether oxygens (including phenoxy) is 1. The van der Waals surface area contributed by atoms with E-state index in [1.54, 1.807) is 0 Å². The molecular weight excluding hydrogens is 154 g/mol. The smallest absolute Gasteiger partial charge is 0.322 e. The van der Waals surface area contributed by atoms with Crippen LogP contribution in [0.1, 0.15) is 26.7 Å². The maximum atomic E-state index is 11.1. The zero-order valence-corrected chi connectivity index (χ0v) is 7.96. The highest BCUT2D eigenvalue weighted by Gasteiger charge is 2.30. The van der Waals surface area contributed by atoms with Crippen LogP contribution >= 0.6 is 0 Å². The lowest BCUT2D eigenvalue weighted by atomic mass is 10.0. The molecular formula is C9H17NO2. The summed E-state index contributed by atoms with van der Waals surface area (Å²) < 4.78 is 4.66. The molecule has 0 radical (unpaired) electrons. The average Bonchev–Trinajstić information content (AvgIpc) is 2.51. The van der Waals surface area contributed by atoms with Crippen LogP contribution in [0, 0.1) is 5.92 Å². The van der Waals surface area contributed by atoms with Crippen LogP contribution in [-0.4, -0.2) is 25.2 Å². The van der Waals surface area contributed by atoms with Crippen LogP contribution < -0.4 is 5.32 Å². The van der Waals surface area contributed by atoms with Crippen molar-refractivity contribution in [2.24, 2.45) is 5.92 Å². The van der Waals surface area contributed by atoms with Gasteiger partial charge in [0.25, 0.3) is 0 Å². The van der Waals surface area contributed by atoms with Gasteiger partial charge in [-0.2, -0.15) is 0 Å². The van der Waals surface area contributed by atoms with E-state index in [0.717, 1.165) is 12.8 Å². The van der Waals surface area contributed by atoms with Crippen LogP contribution in [0.3, 0.4) is 0 Å². The minimum Gasteiger partial charge on any atom is -0.468 e. The number of nitrogens with one attached hydrogen (secondary N) is 1. The van der Waals surface area contributed by atoms with Gasteiger partial charge >= 0.3 is 5.97 Å². The van der Waals surface area contributed by atoms with Crippen LogP contribution in [0.15, 0.2) is 0 Å². The second-order valence-electron chi connectivity index (χ2n) is 3.67. The molecule has 1 aliphatic heterocycles. The highest BCUT2D eigenvalue weighted by molar-refractivity contribution is 5.76. The van der Waals surface area contributed by atoms with E-state index in [1.165, 1.54) is 7.11 Å². The number of carbonyl (C=O) groups excluding carboxylic acids is 1. The first-order valence-electron chi connectivity index (χ1n) is 4.49. The third-order valence-electron chi connectivity index (χ3n) is 2.47. The first kappa shape index (κ1) is 9.52. The second kappa shape index (κ2) is 3.90. The Morgan fingerprint density at radius 2 is 2.17 bits per heavy atom. The van der Waals surface area contributed by atoms with Crippen molar-refractivity contribution in [2.45, 2.75) is 38.8 Å². The van der Waals surface area contributed by atoms with E-state index < -0.39 is 0 Å². The van der Waals surface area contributed by atoms with Crippen LogP contribution in [0.25, 0.3) is 0 Å². The predicted octanol–water partition coefficient (Wildman–Crippen LogP) is 0.936. The van der Waals surface area contributed by atoms with E-state index in [4.69, 9.17) is 0 Å². The lowest BCUT2D eigenvalue weighted by Crippen LogP contribution is -2.38. The van der Waals surface area contributed by atoms with Gasteiger partial charge in [-0.1, -0.05) is 13.8 Å². The Morgan fingerprint density at radius 1 is 1.50 bits per heavy atom. The molecule has 2 atom stereocenters. The summed E-state index contributed by atoms with van der Waals surface area (Å²) in [4.78, 5) is 11.1. The molecule has 1 N–H and O–H groups in total. The molecule has 0 spiro atoms. The summed E-state index contributed by atoms with van der Waals surface area (Å²) in [5.74, 6) is 0.470. The molecule has 1 saturated heterocycles. The third kappa shape index (κ3) is 1.97. The molecule has 1 heterocycles. The zero-order valence-electron chi connectivity index (χ0n) is 7.96. The largest absolute Gasteiger partial charge is 0.468 e. The molecule has 0 amide bonds. The normalized spacial score (nSPS) is 29.3. The molecule has 3 heteroatoms. The van der Waals surface area contributed by atoms with E-state index in [9.17, 15) is 4.79 Å². The standard InChI is InChI=1S/C9H17NO2/c1-6(2)7-4-5-8(10-7)9(11)12-3/h6-8,10H,4-5H2,1-3H3/t7-,8+/m1/s1. The Morgan fingerprint density at radius 3 is 2.58 bits per heavy atom. The van der Waals surface area contributed by atoms with Crippen molar-refractivity contribution in [1.29, 1.82) is 0 Å². The fourth-order valence-electron chi connectivity index (χ4n) is 1.63. The van der Waals surface area contributed by atoms with E-state index >= 15 is 0 Å². The first-order valence-corrected chi connectivity index (χ1v) is 4.49. The summed E-state index contributed by atoms with van der Waals surface area (Å²) in [7, 11) is 1.44. The van der Waals surface area contributed by atoms with Crippen LogP contribution in [-0.2, 0) is 9.53 Å². The number of hydrogen-bond donors (Lipinski definition) is 1. The Bertz CT molecular complexity index is 168. The zero-order chi connectivity index (χ0) is 9.14. The van der Waals surface area contributed by atoms with Crippen molar-refractivity contribution in [3.63, 3.8) is 0 Å². The molecule has 1 rings (SSSR count). The minimum absolute atomic E-state index is 0.0672. The van der Waals surface area contributed by atoms with E-state index in [2.05, 4.69) is 23.9 Å². The molecule has 3 nitrogen and oxygen atoms in total. The molecule has 1 aliphatic rings. The lowest BCUT2D eigenvalue weighted by molar-refractivity contribution is -0.142. The highest BCUT2D eigenvalue weighted by Crippen LogP contribution is 2.18. The van der Waals surface area contributed by atoms with E-state index in [-0.39, 0.29) is 12.0 Å². The van der Waals surface area contributed by atoms with Crippen LogP contribution in [0.4, 0.5) is 0 Å². The minimum atomic E-state index is -0.127. The summed E-state index contributed by atoms with van der Waals surface area (Å²) in [6.07, 6.45) is 1.99. The summed E-state index contributed by atoms with van der Waals surface area (Å²) in [5.41, 5.74) is 0. The van der Waals surface area contributed by atoms with Gasteiger partial charge in [-0.05, 0) is 18.8 Å². The van der Waals surface area contributed by atoms with Crippen molar-refractivity contribution in [1.82, 2.24) is 5.32 Å². The number of carbonyl (C=O) groups is 1. The van der Waals surface area contributed by atoms with Gasteiger partial charge in [0, 0.05) is 6.04 Å². The highest BCUT2D eigenvalue weighted by atomic mass is 16.5. The summed E-state index contributed by atoms with van der Waals surface area (Å²) >= 11 is 0. The van der Waals surface area contributed by atoms with Crippen molar-refractivity contribution in [2.75, 3.05) is 7.11 Å². The van der Waals surface area contributed by atoms with Gasteiger partial charge in [-0.3, -0.25) is 4.79 Å². The maximum Gasteiger partial charge on any atom is 0.322 e. The fourth-order valence-corrected chi connectivity index (χ4v) is 1.63. The van der Waals surface area contributed by atoms with Crippen LogP contribution in [0.2, 0.25) is 0 Å². The van der Waals surface area contributed by atoms with Gasteiger partial charge in [0.2, 0.25) is 0 Å². The third-order valence-corrected chi connectivity index (χ3v) is 2.47. The van der Waals surface area contributed by atoms with Gasteiger partial charge in [-0.25, -0.2) is 0 Å². The molecule has 0 aromatic carbocycles. The summed E-state index contributed by atoms with van der Waals surface area (Å²) in [6.45, 7) is 4.33. The predicted molar refractivity (Wildman–Crippen MR) is 46.8 cm³/mol. The average molecular weight is 171 g/mol. The maximum absolute atomic E-state index is 11.1. The SMILES string of the molecule is COC(=O)[C@@H]1CC[C@H](C(C)C)N1. The Labute approximate surface area is 73.5 Å². The first-order chi connectivity index (χ1) is 5.65. The fraction of sp³-hybridized carbons (Fsp3) is 0.889. The van der Waals surface area contributed by atoms with Gasteiger partial charge in [0.05, 0.1) is 7.11 Å². The molecule has 0 aromatic rings. The molecule has 0 unspecified atom stereocenters. The Balaban J connectivity index is 2.40. The molecule has 1 fully saturated rings. The molecule has 0 aliphatic carbocycles. The quantitative estimate of drug-likeness (QED) is 0.628. The van der Waals surface area contributed by atoms with E-state index in [1.807, 2.05) is 0 Å². The molecule has 0 saturated carbocycles. The molecule has 12 heavy (non-hydrogen) atoms. The van der Waals surface area contributed by atoms with Crippen molar-refractivity contribution < 1.29 is 9.53 Å². The number of hydrogen-bond acceptors (Lipinski definition) is 3. The molecule has 70 valence electrons. The number of esters is 1. The van der Waals surface area contributed by atoms with Gasteiger partial charge < -0.3 is 10.1 Å². The second-order valence-corrected chi connectivity index (χ2v) is 3.67. The molecule has 0 bridgehead atoms. The van der Waals surface area contributed by atoms with Crippen molar-refractivity contribution in [3.8, 4) is 0 Å². The van der Waals surface area contributed by atoms with Gasteiger partial charge in [0.15, 0.2) is 0 Å². The Hall–Kier alpha value is -0.570. The number of methoxy groups -OCH3 is 1. The van der Waals surface area contributed by atoms with Gasteiger partial charge in [0.1, 0.15) is 6.04 Å². The Kier molecular flexibility index (Phi) is 3.09. The van der Waals surface area contributed by atoms with Gasteiger partial charge in [-0.15, -0.1) is 0 Å². The van der Waals surface area contributed by atoms with E-state index in [0.29, 0.717) is 12.0 Å². The topological polar surface area (TPSA) is 38.3 Å².